The van der Waals surface area contributed by atoms with Crippen molar-refractivity contribution in [1.82, 2.24) is 5.32 Å². The molecule has 2 amide bonds. The Balaban J connectivity index is 1.49. The van der Waals surface area contributed by atoms with E-state index in [0.29, 0.717) is 39.0 Å². The van der Waals surface area contributed by atoms with Gasteiger partial charge in [0, 0.05) is 25.4 Å². The molecule has 0 aliphatic carbocycles. The van der Waals surface area contributed by atoms with Gasteiger partial charge in [-0.1, -0.05) is 29.3 Å². The largest absolute Gasteiger partial charge is 0.497 e. The second-order valence-electron chi connectivity index (χ2n) is 8.61. The number of benzene rings is 2. The van der Waals surface area contributed by atoms with Gasteiger partial charge in [0.25, 0.3) is 0 Å². The normalized spacial score (nSPS) is 19.5. The van der Waals surface area contributed by atoms with Crippen LogP contribution in [0.15, 0.2) is 36.4 Å². The fourth-order valence-electron chi connectivity index (χ4n) is 4.83. The molecule has 2 aromatic rings. The monoisotopic (exact) mass is 422 g/mol. The first-order valence-corrected chi connectivity index (χ1v) is 10.9. The molecule has 0 spiro atoms. The van der Waals surface area contributed by atoms with E-state index in [1.807, 2.05) is 18.2 Å². The van der Waals surface area contributed by atoms with Crippen LogP contribution in [-0.2, 0) is 19.7 Å². The molecule has 6 heteroatoms. The topological polar surface area (TPSA) is 76.7 Å². The minimum absolute atomic E-state index is 0.0186. The summed E-state index contributed by atoms with van der Waals surface area (Å²) in [6.45, 7) is 5.69. The Bertz CT molecular complexity index is 975. The second kappa shape index (κ2) is 8.71. The van der Waals surface area contributed by atoms with Crippen molar-refractivity contribution in [1.29, 1.82) is 0 Å². The number of methoxy groups -OCH3 is 1. The molecule has 0 bridgehead atoms. The van der Waals surface area contributed by atoms with Crippen molar-refractivity contribution in [3.8, 4) is 5.75 Å². The number of amides is 2. The minimum Gasteiger partial charge on any atom is -0.497 e. The van der Waals surface area contributed by atoms with E-state index in [4.69, 9.17) is 9.47 Å². The van der Waals surface area contributed by atoms with Crippen LogP contribution in [0.25, 0.3) is 0 Å². The summed E-state index contributed by atoms with van der Waals surface area (Å²) in [4.78, 5) is 25.9. The lowest BCUT2D eigenvalue weighted by Crippen LogP contribution is -2.48. The molecule has 2 aliphatic rings. The van der Waals surface area contributed by atoms with Crippen LogP contribution in [0, 0.1) is 13.8 Å². The molecule has 0 saturated carbocycles. The summed E-state index contributed by atoms with van der Waals surface area (Å²) in [5, 5.41) is 6.05. The van der Waals surface area contributed by atoms with Crippen molar-refractivity contribution in [2.75, 3.05) is 32.2 Å². The molecule has 2 aromatic carbocycles. The van der Waals surface area contributed by atoms with E-state index in [1.54, 1.807) is 7.11 Å². The highest BCUT2D eigenvalue weighted by Crippen LogP contribution is 2.38. The fraction of sp³-hybridized carbons (Fsp3) is 0.440. The molecule has 2 N–H and O–H groups in total. The van der Waals surface area contributed by atoms with Crippen molar-refractivity contribution in [3.05, 3.63) is 58.7 Å². The molecule has 31 heavy (non-hydrogen) atoms. The van der Waals surface area contributed by atoms with Crippen LogP contribution in [0.5, 0.6) is 5.75 Å². The zero-order chi connectivity index (χ0) is 22.0. The summed E-state index contributed by atoms with van der Waals surface area (Å²) in [6.07, 6.45) is 1.86. The van der Waals surface area contributed by atoms with E-state index in [1.165, 1.54) is 0 Å². The minimum atomic E-state index is -0.589. The van der Waals surface area contributed by atoms with E-state index in [9.17, 15) is 9.59 Å². The maximum atomic E-state index is 13.5. The first-order valence-electron chi connectivity index (χ1n) is 10.9. The maximum Gasteiger partial charge on any atom is 0.232 e. The van der Waals surface area contributed by atoms with E-state index in [2.05, 4.69) is 42.7 Å². The number of rotatable bonds is 6. The summed E-state index contributed by atoms with van der Waals surface area (Å²) < 4.78 is 10.9. The molecule has 1 saturated heterocycles. The predicted molar refractivity (Wildman–Crippen MR) is 120 cm³/mol. The number of fused-ring (bicyclic) bond motifs is 1. The smallest absolute Gasteiger partial charge is 0.232 e. The van der Waals surface area contributed by atoms with Gasteiger partial charge in [0.1, 0.15) is 5.75 Å². The van der Waals surface area contributed by atoms with Gasteiger partial charge in [0.05, 0.1) is 18.4 Å². The van der Waals surface area contributed by atoms with Crippen LogP contribution in [0.2, 0.25) is 0 Å². The van der Waals surface area contributed by atoms with E-state index >= 15 is 0 Å². The fourth-order valence-corrected chi connectivity index (χ4v) is 4.83. The van der Waals surface area contributed by atoms with Crippen LogP contribution in [0.1, 0.15) is 47.4 Å². The number of ether oxygens (including phenoxy) is 2. The first-order chi connectivity index (χ1) is 14.9. The second-order valence-corrected chi connectivity index (χ2v) is 8.61. The standard InChI is InChI=1S/C25H30N2O4/c1-16-12-17(2)14-18(13-16)25(7-10-31-11-8-25)24(29)26-9-6-20-21-15-19(30-3)4-5-22(21)27-23(20)28/h4-5,12-15,20H,6-11H2,1-3H3,(H,26,29)(H,27,28). The molecular formula is C25H30N2O4. The van der Waals surface area contributed by atoms with Crippen molar-refractivity contribution < 1.29 is 19.1 Å². The third kappa shape index (κ3) is 4.17. The van der Waals surface area contributed by atoms with Crippen molar-refractivity contribution in [2.24, 2.45) is 0 Å². The van der Waals surface area contributed by atoms with E-state index < -0.39 is 5.41 Å². The van der Waals surface area contributed by atoms with Gasteiger partial charge in [0.2, 0.25) is 11.8 Å². The van der Waals surface area contributed by atoms with Crippen LogP contribution in [0.4, 0.5) is 5.69 Å². The Hall–Kier alpha value is -2.86. The summed E-state index contributed by atoms with van der Waals surface area (Å²) in [5.74, 6) is 0.412. The summed E-state index contributed by atoms with van der Waals surface area (Å²) >= 11 is 0. The summed E-state index contributed by atoms with van der Waals surface area (Å²) in [6, 6.07) is 12.0. The number of nitrogens with one attached hydrogen (secondary N) is 2. The van der Waals surface area contributed by atoms with Gasteiger partial charge in [-0.3, -0.25) is 9.59 Å². The van der Waals surface area contributed by atoms with Crippen molar-refractivity contribution in [3.63, 3.8) is 0 Å². The molecule has 2 aliphatic heterocycles. The molecule has 164 valence electrons. The number of anilines is 1. The molecule has 0 aromatic heterocycles. The van der Waals surface area contributed by atoms with Gasteiger partial charge in [-0.2, -0.15) is 0 Å². The molecule has 1 atom stereocenters. The number of hydrogen-bond acceptors (Lipinski definition) is 4. The van der Waals surface area contributed by atoms with Gasteiger partial charge in [-0.15, -0.1) is 0 Å². The Morgan fingerprint density at radius 1 is 1.16 bits per heavy atom. The maximum absolute atomic E-state index is 13.5. The van der Waals surface area contributed by atoms with Gasteiger partial charge >= 0.3 is 0 Å². The zero-order valence-corrected chi connectivity index (χ0v) is 18.4. The molecule has 0 radical (unpaired) electrons. The van der Waals surface area contributed by atoms with Crippen LogP contribution < -0.4 is 15.4 Å². The average molecular weight is 423 g/mol. The molecule has 4 rings (SSSR count). The number of carbonyl (C=O) groups is 2. The number of aryl methyl sites for hydroxylation is 2. The number of carbonyl (C=O) groups excluding carboxylic acids is 2. The summed E-state index contributed by atoms with van der Waals surface area (Å²) in [7, 11) is 1.61. The van der Waals surface area contributed by atoms with Gasteiger partial charge in [0.15, 0.2) is 0 Å². The highest BCUT2D eigenvalue weighted by molar-refractivity contribution is 6.03. The third-order valence-electron chi connectivity index (χ3n) is 6.48. The van der Waals surface area contributed by atoms with Gasteiger partial charge < -0.3 is 20.1 Å². The van der Waals surface area contributed by atoms with E-state index in [-0.39, 0.29) is 17.7 Å². The molecule has 2 heterocycles. The lowest BCUT2D eigenvalue weighted by molar-refractivity contribution is -0.130. The SMILES string of the molecule is COc1ccc2c(c1)C(CCNC(=O)C1(c3cc(C)cc(C)c3)CCOCC1)C(=O)N2. The first kappa shape index (κ1) is 21.4. The highest BCUT2D eigenvalue weighted by atomic mass is 16.5. The molecule has 1 unspecified atom stereocenters. The summed E-state index contributed by atoms with van der Waals surface area (Å²) in [5.41, 5.74) is 4.52. The van der Waals surface area contributed by atoms with Crippen LogP contribution in [0.3, 0.4) is 0 Å². The van der Waals surface area contributed by atoms with Crippen LogP contribution in [-0.4, -0.2) is 38.7 Å². The average Bonchev–Trinajstić information content (AvgIpc) is 3.07. The lowest BCUT2D eigenvalue weighted by Gasteiger charge is -2.36. The van der Waals surface area contributed by atoms with Crippen LogP contribution >= 0.6 is 0 Å². The molecular weight excluding hydrogens is 392 g/mol. The lowest BCUT2D eigenvalue weighted by atomic mass is 9.72. The quantitative estimate of drug-likeness (QED) is 0.746. The molecule has 6 nitrogen and oxygen atoms in total. The zero-order valence-electron chi connectivity index (χ0n) is 18.4. The Morgan fingerprint density at radius 2 is 1.87 bits per heavy atom. The highest BCUT2D eigenvalue weighted by Gasteiger charge is 2.42. The Kier molecular flexibility index (Phi) is 6.01. The Labute approximate surface area is 183 Å². The third-order valence-corrected chi connectivity index (χ3v) is 6.48. The Morgan fingerprint density at radius 3 is 2.55 bits per heavy atom. The van der Waals surface area contributed by atoms with Crippen molar-refractivity contribution >= 4 is 17.5 Å². The van der Waals surface area contributed by atoms with Gasteiger partial charge in [-0.05, 0) is 62.4 Å². The molecule has 1 fully saturated rings. The van der Waals surface area contributed by atoms with Gasteiger partial charge in [-0.25, -0.2) is 0 Å². The predicted octanol–water partition coefficient (Wildman–Crippen LogP) is 3.60. The number of hydrogen-bond donors (Lipinski definition) is 2. The van der Waals surface area contributed by atoms with Crippen molar-refractivity contribution in [2.45, 2.75) is 44.4 Å². The van der Waals surface area contributed by atoms with E-state index in [0.717, 1.165) is 33.7 Å².